The highest BCUT2D eigenvalue weighted by atomic mass is 79.9. The highest BCUT2D eigenvalue weighted by molar-refractivity contribution is 9.10. The average Bonchev–Trinajstić information content (AvgIpc) is 2.24. The molecule has 0 saturated heterocycles. The van der Waals surface area contributed by atoms with E-state index in [1.165, 1.54) is 4.90 Å². The summed E-state index contributed by atoms with van der Waals surface area (Å²) in [5.41, 5.74) is 0.737. The predicted molar refractivity (Wildman–Crippen MR) is 71.4 cm³/mol. The van der Waals surface area contributed by atoms with Crippen molar-refractivity contribution >= 4 is 33.5 Å². The van der Waals surface area contributed by atoms with Gasteiger partial charge < -0.3 is 4.74 Å². The van der Waals surface area contributed by atoms with E-state index in [-0.39, 0.29) is 5.78 Å². The van der Waals surface area contributed by atoms with E-state index in [1.807, 2.05) is 18.2 Å². The molecule has 0 fully saturated rings. The van der Waals surface area contributed by atoms with Gasteiger partial charge in [0, 0.05) is 34.4 Å². The Morgan fingerprint density at radius 2 is 2.25 bits per heavy atom. The number of Topliss-reactive ketones (excluding diaryl/α,β-unsaturated/α-hetero) is 1. The molecule has 0 aliphatic heterocycles. The molecule has 1 aromatic rings. The SMILES string of the molecule is COCCCSc1ccc(C(C)=O)c(Br)c1. The number of hydrogen-bond acceptors (Lipinski definition) is 3. The van der Waals surface area contributed by atoms with Crippen LogP contribution in [0.15, 0.2) is 27.6 Å². The number of thioether (sulfide) groups is 1. The Morgan fingerprint density at radius 1 is 1.50 bits per heavy atom. The molecule has 0 aliphatic rings. The summed E-state index contributed by atoms with van der Waals surface area (Å²) >= 11 is 5.19. The highest BCUT2D eigenvalue weighted by Crippen LogP contribution is 2.26. The first kappa shape index (κ1) is 13.7. The molecule has 0 spiro atoms. The van der Waals surface area contributed by atoms with Gasteiger partial charge in [-0.2, -0.15) is 0 Å². The Bertz CT molecular complexity index is 366. The number of methoxy groups -OCH3 is 1. The Labute approximate surface area is 109 Å². The molecule has 2 nitrogen and oxygen atoms in total. The van der Waals surface area contributed by atoms with E-state index in [2.05, 4.69) is 15.9 Å². The normalized spacial score (nSPS) is 10.4. The van der Waals surface area contributed by atoms with Gasteiger partial charge in [0.1, 0.15) is 0 Å². The summed E-state index contributed by atoms with van der Waals surface area (Å²) in [7, 11) is 1.71. The molecule has 0 unspecified atom stereocenters. The lowest BCUT2D eigenvalue weighted by molar-refractivity contribution is 0.101. The minimum Gasteiger partial charge on any atom is -0.385 e. The van der Waals surface area contributed by atoms with Crippen LogP contribution in [0.5, 0.6) is 0 Å². The van der Waals surface area contributed by atoms with Crippen LogP contribution < -0.4 is 0 Å². The summed E-state index contributed by atoms with van der Waals surface area (Å²) in [6, 6.07) is 5.85. The standard InChI is InChI=1S/C12H15BrO2S/c1-9(14)11-5-4-10(8-12(11)13)16-7-3-6-15-2/h4-5,8H,3,6-7H2,1-2H3. The fraction of sp³-hybridized carbons (Fsp3) is 0.417. The number of benzene rings is 1. The fourth-order valence-electron chi connectivity index (χ4n) is 1.26. The van der Waals surface area contributed by atoms with Crippen molar-refractivity contribution in [1.29, 1.82) is 0 Å². The van der Waals surface area contributed by atoms with Crippen molar-refractivity contribution < 1.29 is 9.53 Å². The number of carbonyl (C=O) groups excluding carboxylic acids is 1. The van der Waals surface area contributed by atoms with E-state index in [0.717, 1.165) is 28.8 Å². The smallest absolute Gasteiger partial charge is 0.160 e. The van der Waals surface area contributed by atoms with Crippen molar-refractivity contribution in [1.82, 2.24) is 0 Å². The fourth-order valence-corrected chi connectivity index (χ4v) is 2.94. The molecule has 0 heterocycles. The molecule has 0 bridgehead atoms. The second kappa shape index (κ2) is 7.09. The summed E-state index contributed by atoms with van der Waals surface area (Å²) in [4.78, 5) is 12.4. The van der Waals surface area contributed by atoms with Gasteiger partial charge in [-0.3, -0.25) is 4.79 Å². The average molecular weight is 303 g/mol. The Morgan fingerprint density at radius 3 is 2.81 bits per heavy atom. The summed E-state index contributed by atoms with van der Waals surface area (Å²) in [6.45, 7) is 2.37. The van der Waals surface area contributed by atoms with Gasteiger partial charge in [0.05, 0.1) is 0 Å². The topological polar surface area (TPSA) is 26.3 Å². The number of hydrogen-bond donors (Lipinski definition) is 0. The maximum atomic E-state index is 11.2. The van der Waals surface area contributed by atoms with Crippen molar-refractivity contribution in [2.75, 3.05) is 19.5 Å². The van der Waals surface area contributed by atoms with Gasteiger partial charge in [-0.1, -0.05) is 15.9 Å². The first-order chi connectivity index (χ1) is 7.65. The molecule has 1 rings (SSSR count). The second-order valence-corrected chi connectivity index (χ2v) is 5.42. The number of carbonyl (C=O) groups is 1. The number of ketones is 1. The number of rotatable bonds is 6. The second-order valence-electron chi connectivity index (χ2n) is 3.39. The van der Waals surface area contributed by atoms with E-state index in [4.69, 9.17) is 4.74 Å². The van der Waals surface area contributed by atoms with Gasteiger partial charge in [0.2, 0.25) is 0 Å². The zero-order valence-corrected chi connectivity index (χ0v) is 11.9. The monoisotopic (exact) mass is 302 g/mol. The molecule has 0 N–H and O–H groups in total. The van der Waals surface area contributed by atoms with E-state index in [0.29, 0.717) is 0 Å². The van der Waals surface area contributed by atoms with Crippen LogP contribution in [0.3, 0.4) is 0 Å². The zero-order chi connectivity index (χ0) is 12.0. The van der Waals surface area contributed by atoms with E-state index < -0.39 is 0 Å². The van der Waals surface area contributed by atoms with Crippen LogP contribution in [0.25, 0.3) is 0 Å². The molecule has 0 amide bonds. The maximum absolute atomic E-state index is 11.2. The largest absolute Gasteiger partial charge is 0.385 e. The van der Waals surface area contributed by atoms with Crippen LogP contribution in [0.1, 0.15) is 23.7 Å². The van der Waals surface area contributed by atoms with Gasteiger partial charge in [-0.25, -0.2) is 0 Å². The molecule has 1 aromatic carbocycles. The molecule has 16 heavy (non-hydrogen) atoms. The lowest BCUT2D eigenvalue weighted by atomic mass is 10.2. The number of halogens is 1. The Kier molecular flexibility index (Phi) is 6.09. The molecule has 4 heteroatoms. The van der Waals surface area contributed by atoms with Gasteiger partial charge >= 0.3 is 0 Å². The van der Waals surface area contributed by atoms with E-state index >= 15 is 0 Å². The first-order valence-corrected chi connectivity index (χ1v) is 6.85. The Hall–Kier alpha value is -0.320. The Balaban J connectivity index is 2.56. The van der Waals surface area contributed by atoms with Gasteiger partial charge in [-0.15, -0.1) is 11.8 Å². The lowest BCUT2D eigenvalue weighted by Gasteiger charge is -2.04. The van der Waals surface area contributed by atoms with E-state index in [1.54, 1.807) is 25.8 Å². The van der Waals surface area contributed by atoms with Crippen molar-refractivity contribution in [2.24, 2.45) is 0 Å². The predicted octanol–water partition coefficient (Wildman–Crippen LogP) is 3.78. The third-order valence-electron chi connectivity index (χ3n) is 2.08. The molecule has 0 aliphatic carbocycles. The first-order valence-electron chi connectivity index (χ1n) is 5.07. The summed E-state index contributed by atoms with van der Waals surface area (Å²) in [6.07, 6.45) is 1.03. The van der Waals surface area contributed by atoms with E-state index in [9.17, 15) is 4.79 Å². The summed E-state index contributed by atoms with van der Waals surface area (Å²) in [5.74, 6) is 1.11. The van der Waals surface area contributed by atoms with Crippen molar-refractivity contribution in [3.05, 3.63) is 28.2 Å². The van der Waals surface area contributed by atoms with Crippen LogP contribution >= 0.6 is 27.7 Å². The molecular formula is C12H15BrO2S. The summed E-state index contributed by atoms with van der Waals surface area (Å²) < 4.78 is 5.86. The third kappa shape index (κ3) is 4.28. The maximum Gasteiger partial charge on any atom is 0.160 e. The molecule has 88 valence electrons. The molecule has 0 atom stereocenters. The minimum absolute atomic E-state index is 0.0859. The number of ether oxygens (including phenoxy) is 1. The zero-order valence-electron chi connectivity index (χ0n) is 9.46. The van der Waals surface area contributed by atoms with Crippen LogP contribution in [-0.2, 0) is 4.74 Å². The molecule has 0 aromatic heterocycles. The van der Waals surface area contributed by atoms with Crippen LogP contribution in [0.4, 0.5) is 0 Å². The van der Waals surface area contributed by atoms with Crippen LogP contribution in [0, 0.1) is 0 Å². The highest BCUT2D eigenvalue weighted by Gasteiger charge is 2.05. The molecular weight excluding hydrogens is 288 g/mol. The van der Waals surface area contributed by atoms with Crippen LogP contribution in [0.2, 0.25) is 0 Å². The minimum atomic E-state index is 0.0859. The van der Waals surface area contributed by atoms with Crippen LogP contribution in [-0.4, -0.2) is 25.3 Å². The summed E-state index contributed by atoms with van der Waals surface area (Å²) in [5, 5.41) is 0. The van der Waals surface area contributed by atoms with Gasteiger partial charge in [-0.05, 0) is 31.5 Å². The van der Waals surface area contributed by atoms with Crippen molar-refractivity contribution in [3.8, 4) is 0 Å². The molecule has 0 saturated carbocycles. The van der Waals surface area contributed by atoms with Crippen molar-refractivity contribution in [3.63, 3.8) is 0 Å². The quantitative estimate of drug-likeness (QED) is 0.454. The third-order valence-corrected chi connectivity index (χ3v) is 3.82. The van der Waals surface area contributed by atoms with Gasteiger partial charge in [0.15, 0.2) is 5.78 Å². The molecule has 0 radical (unpaired) electrons. The lowest BCUT2D eigenvalue weighted by Crippen LogP contribution is -1.94. The van der Waals surface area contributed by atoms with Gasteiger partial charge in [0.25, 0.3) is 0 Å². The van der Waals surface area contributed by atoms with Crippen molar-refractivity contribution in [2.45, 2.75) is 18.2 Å².